The van der Waals surface area contributed by atoms with Crippen molar-refractivity contribution in [3.63, 3.8) is 0 Å². The maximum Gasteiger partial charge on any atom is 0.311 e. The molecule has 3 aromatic rings. The summed E-state index contributed by atoms with van der Waals surface area (Å²) in [5, 5.41) is 4.30. The molecule has 2 heterocycles. The Balaban J connectivity index is 1.69. The molecule has 0 aliphatic carbocycles. The first-order chi connectivity index (χ1) is 13.1. The van der Waals surface area contributed by atoms with E-state index in [0.717, 1.165) is 5.56 Å². The fourth-order valence-corrected chi connectivity index (χ4v) is 2.92. The van der Waals surface area contributed by atoms with Gasteiger partial charge in [-0.2, -0.15) is 4.98 Å². The topological polar surface area (TPSA) is 120 Å². The van der Waals surface area contributed by atoms with E-state index in [0.29, 0.717) is 34.1 Å². The summed E-state index contributed by atoms with van der Waals surface area (Å²) in [5.41, 5.74) is 0.741. The Kier molecular flexibility index (Phi) is 5.87. The summed E-state index contributed by atoms with van der Waals surface area (Å²) in [6, 6.07) is 8.56. The Labute approximate surface area is 158 Å². The van der Waals surface area contributed by atoms with Crippen molar-refractivity contribution in [1.82, 2.24) is 20.1 Å². The van der Waals surface area contributed by atoms with Crippen LogP contribution in [-0.2, 0) is 21.7 Å². The largest absolute Gasteiger partial charge is 0.497 e. The summed E-state index contributed by atoms with van der Waals surface area (Å²) in [4.78, 5) is 34.2. The predicted molar refractivity (Wildman–Crippen MR) is 96.4 cm³/mol. The van der Waals surface area contributed by atoms with Crippen LogP contribution in [0, 0.1) is 0 Å². The highest BCUT2D eigenvalue weighted by Gasteiger charge is 2.12. The van der Waals surface area contributed by atoms with Crippen LogP contribution in [0.5, 0.6) is 5.75 Å². The third-order valence-corrected chi connectivity index (χ3v) is 4.31. The van der Waals surface area contributed by atoms with E-state index < -0.39 is 5.97 Å². The van der Waals surface area contributed by atoms with Gasteiger partial charge in [0.05, 0.1) is 32.1 Å². The minimum absolute atomic E-state index is 0.0749. The van der Waals surface area contributed by atoms with Gasteiger partial charge in [0.1, 0.15) is 5.75 Å². The molecule has 140 valence electrons. The second kappa shape index (κ2) is 8.49. The van der Waals surface area contributed by atoms with Gasteiger partial charge in [0.2, 0.25) is 11.7 Å². The van der Waals surface area contributed by atoms with Crippen molar-refractivity contribution in [2.24, 2.45) is 0 Å². The number of benzene rings is 1. The lowest BCUT2D eigenvalue weighted by molar-refractivity contribution is -0.139. The third-order valence-electron chi connectivity index (χ3n) is 3.45. The lowest BCUT2D eigenvalue weighted by Crippen LogP contribution is -2.13. The fourth-order valence-electron chi connectivity index (χ4n) is 2.19. The molecule has 1 aromatic carbocycles. The lowest BCUT2D eigenvalue weighted by Gasteiger charge is -2.02. The molecule has 0 spiro atoms. The maximum absolute atomic E-state index is 11.7. The molecule has 0 unspecified atom stereocenters. The van der Waals surface area contributed by atoms with E-state index in [9.17, 15) is 9.59 Å². The van der Waals surface area contributed by atoms with Crippen molar-refractivity contribution >= 4 is 17.7 Å². The van der Waals surface area contributed by atoms with Crippen LogP contribution in [0.2, 0.25) is 0 Å². The molecule has 0 fully saturated rings. The minimum Gasteiger partial charge on any atom is -0.497 e. The van der Waals surface area contributed by atoms with E-state index in [4.69, 9.17) is 9.26 Å². The van der Waals surface area contributed by atoms with Crippen LogP contribution in [0.4, 0.5) is 0 Å². The Hall–Kier alpha value is -3.14. The number of H-pyrrole nitrogens is 1. The summed E-state index contributed by atoms with van der Waals surface area (Å²) < 4.78 is 15.0. The van der Waals surface area contributed by atoms with E-state index in [2.05, 4.69) is 24.8 Å². The molecule has 0 aliphatic heterocycles. The summed E-state index contributed by atoms with van der Waals surface area (Å²) >= 11 is 1.21. The van der Waals surface area contributed by atoms with Gasteiger partial charge >= 0.3 is 5.97 Å². The molecule has 0 aliphatic rings. The van der Waals surface area contributed by atoms with E-state index in [1.165, 1.54) is 24.9 Å². The van der Waals surface area contributed by atoms with Gasteiger partial charge in [-0.15, -0.1) is 0 Å². The Morgan fingerprint density at radius 1 is 1.26 bits per heavy atom. The molecule has 0 saturated heterocycles. The first-order valence-corrected chi connectivity index (χ1v) is 8.83. The predicted octanol–water partition coefficient (Wildman–Crippen LogP) is 1.84. The van der Waals surface area contributed by atoms with Crippen molar-refractivity contribution in [2.75, 3.05) is 14.2 Å². The number of aromatic amines is 1. The standard InChI is InChI=1S/C17H16N4O5S/c1-24-12-5-3-4-10(6-12)16-20-14(26-21-16)9-27-17-18-11(7-13(22)19-17)8-15(23)25-2/h3-7H,8-9H2,1-2H3,(H,18,19,22). The molecule has 3 rings (SSSR count). The average molecular weight is 388 g/mol. The number of thioether (sulfide) groups is 1. The fraction of sp³-hybridized carbons (Fsp3) is 0.235. The van der Waals surface area contributed by atoms with Crippen molar-refractivity contribution in [3.8, 4) is 17.1 Å². The number of carbonyl (C=O) groups excluding carboxylic acids is 1. The molecule has 9 nitrogen and oxygen atoms in total. The Bertz CT molecular complexity index is 1000. The van der Waals surface area contributed by atoms with Crippen molar-refractivity contribution < 1.29 is 18.8 Å². The smallest absolute Gasteiger partial charge is 0.311 e. The number of rotatable bonds is 7. The highest BCUT2D eigenvalue weighted by molar-refractivity contribution is 7.98. The van der Waals surface area contributed by atoms with Crippen LogP contribution >= 0.6 is 11.8 Å². The molecule has 0 saturated carbocycles. The zero-order chi connectivity index (χ0) is 19.2. The van der Waals surface area contributed by atoms with Gasteiger partial charge in [0.25, 0.3) is 5.56 Å². The van der Waals surface area contributed by atoms with E-state index in [-0.39, 0.29) is 12.0 Å². The molecule has 0 amide bonds. The van der Waals surface area contributed by atoms with Crippen LogP contribution in [0.1, 0.15) is 11.6 Å². The third kappa shape index (κ3) is 4.94. The zero-order valence-electron chi connectivity index (χ0n) is 14.6. The van der Waals surface area contributed by atoms with Crippen LogP contribution in [0.15, 0.2) is 44.8 Å². The molecular weight excluding hydrogens is 372 g/mol. The van der Waals surface area contributed by atoms with Crippen LogP contribution in [0.25, 0.3) is 11.4 Å². The van der Waals surface area contributed by atoms with Crippen molar-refractivity contribution in [1.29, 1.82) is 0 Å². The molecule has 10 heteroatoms. The highest BCUT2D eigenvalue weighted by Crippen LogP contribution is 2.23. The molecule has 2 aromatic heterocycles. The number of nitrogens with one attached hydrogen (secondary N) is 1. The second-order valence-electron chi connectivity index (χ2n) is 5.33. The second-order valence-corrected chi connectivity index (χ2v) is 6.29. The number of aromatic nitrogens is 4. The van der Waals surface area contributed by atoms with Crippen LogP contribution < -0.4 is 10.3 Å². The van der Waals surface area contributed by atoms with Crippen LogP contribution in [0.3, 0.4) is 0 Å². The highest BCUT2D eigenvalue weighted by atomic mass is 32.2. The number of carbonyl (C=O) groups is 1. The lowest BCUT2D eigenvalue weighted by atomic mass is 10.2. The van der Waals surface area contributed by atoms with Gasteiger partial charge in [-0.3, -0.25) is 9.59 Å². The SMILES string of the molecule is COC(=O)Cc1cc(=O)[nH]c(SCc2nc(-c3cccc(OC)c3)no2)n1. The number of methoxy groups -OCH3 is 2. The molecular formula is C17H16N4O5S. The van der Waals surface area contributed by atoms with E-state index in [1.807, 2.05) is 18.2 Å². The summed E-state index contributed by atoms with van der Waals surface area (Å²) in [6.07, 6.45) is -0.0749. The van der Waals surface area contributed by atoms with Crippen LogP contribution in [-0.4, -0.2) is 40.3 Å². The van der Waals surface area contributed by atoms with Gasteiger partial charge in [0.15, 0.2) is 5.16 Å². The van der Waals surface area contributed by atoms with Crippen molar-refractivity contribution in [3.05, 3.63) is 52.3 Å². The van der Waals surface area contributed by atoms with Gasteiger partial charge in [-0.05, 0) is 12.1 Å². The molecule has 0 radical (unpaired) electrons. The van der Waals surface area contributed by atoms with Gasteiger partial charge in [0, 0.05) is 11.6 Å². The average Bonchev–Trinajstić information content (AvgIpc) is 3.15. The summed E-state index contributed by atoms with van der Waals surface area (Å²) in [7, 11) is 2.86. The number of ether oxygens (including phenoxy) is 2. The summed E-state index contributed by atoms with van der Waals surface area (Å²) in [6.45, 7) is 0. The van der Waals surface area contributed by atoms with Gasteiger partial charge in [-0.25, -0.2) is 4.98 Å². The molecule has 27 heavy (non-hydrogen) atoms. The van der Waals surface area contributed by atoms with E-state index in [1.54, 1.807) is 13.2 Å². The number of hydrogen-bond acceptors (Lipinski definition) is 9. The molecule has 0 atom stereocenters. The Morgan fingerprint density at radius 3 is 2.89 bits per heavy atom. The Morgan fingerprint density at radius 2 is 2.11 bits per heavy atom. The van der Waals surface area contributed by atoms with Gasteiger partial charge in [-0.1, -0.05) is 29.1 Å². The van der Waals surface area contributed by atoms with E-state index >= 15 is 0 Å². The van der Waals surface area contributed by atoms with Gasteiger partial charge < -0.3 is 19.0 Å². The monoisotopic (exact) mass is 388 g/mol. The number of hydrogen-bond donors (Lipinski definition) is 1. The first-order valence-electron chi connectivity index (χ1n) is 7.84. The molecule has 0 bridgehead atoms. The quantitative estimate of drug-likeness (QED) is 0.367. The van der Waals surface area contributed by atoms with Crippen molar-refractivity contribution in [2.45, 2.75) is 17.3 Å². The maximum atomic E-state index is 11.7. The number of esters is 1. The number of nitrogens with zero attached hydrogens (tertiary/aromatic N) is 3. The zero-order valence-corrected chi connectivity index (χ0v) is 15.4. The first kappa shape index (κ1) is 18.6. The normalized spacial score (nSPS) is 10.6. The summed E-state index contributed by atoms with van der Waals surface area (Å²) in [5.74, 6) is 1.34. The molecule has 1 N–H and O–H groups in total. The minimum atomic E-state index is -0.469.